The molecule has 312 valence electrons. The van der Waals surface area contributed by atoms with E-state index in [0.29, 0.717) is 35.7 Å². The van der Waals surface area contributed by atoms with Crippen molar-refractivity contribution >= 4 is 53.0 Å². The highest BCUT2D eigenvalue weighted by Gasteiger charge is 2.54. The lowest BCUT2D eigenvalue weighted by Crippen LogP contribution is -2.58. The minimum absolute atomic E-state index is 0.0474. The number of urea groups is 1. The van der Waals surface area contributed by atoms with Crippen LogP contribution in [-0.4, -0.2) is 105 Å². The van der Waals surface area contributed by atoms with Gasteiger partial charge >= 0.3 is 12.2 Å². The number of piperidine rings is 1. The summed E-state index contributed by atoms with van der Waals surface area (Å²) in [6, 6.07) is 11.0. The predicted molar refractivity (Wildman–Crippen MR) is 212 cm³/mol. The van der Waals surface area contributed by atoms with E-state index in [2.05, 4.69) is 39.6 Å². The van der Waals surface area contributed by atoms with Crippen molar-refractivity contribution in [2.75, 3.05) is 36.8 Å². The normalized spacial score (nSPS) is 25.7. The number of carbonyl (C=O) groups excluding carboxylic acids is 5. The van der Waals surface area contributed by atoms with Crippen molar-refractivity contribution in [3.8, 4) is 6.07 Å². The third kappa shape index (κ3) is 9.78. The summed E-state index contributed by atoms with van der Waals surface area (Å²) >= 11 is 0.657. The Morgan fingerprint density at radius 3 is 2.33 bits per heavy atom. The number of nitriles is 1. The maximum Gasteiger partial charge on any atom is 0.417 e. The van der Waals surface area contributed by atoms with E-state index >= 15 is 0 Å². The van der Waals surface area contributed by atoms with Gasteiger partial charge in [0.15, 0.2) is 0 Å². The summed E-state index contributed by atoms with van der Waals surface area (Å²) in [6.07, 6.45) is 1.25. The van der Waals surface area contributed by atoms with Crippen LogP contribution in [0.3, 0.4) is 0 Å². The molecule has 3 heterocycles. The Labute approximate surface area is 341 Å². The van der Waals surface area contributed by atoms with E-state index in [1.165, 1.54) is 6.07 Å². The molecule has 0 aromatic heterocycles. The highest BCUT2D eigenvalue weighted by Crippen LogP contribution is 2.42. The monoisotopic (exact) mass is 824 g/mol. The van der Waals surface area contributed by atoms with Gasteiger partial charge in [0.2, 0.25) is 17.7 Å². The lowest BCUT2D eigenvalue weighted by molar-refractivity contribution is -0.138. The minimum atomic E-state index is -4.75. The molecule has 17 heteroatoms. The van der Waals surface area contributed by atoms with E-state index in [1.807, 2.05) is 6.07 Å². The van der Waals surface area contributed by atoms with Crippen LogP contribution in [0.25, 0.3) is 0 Å². The molecule has 0 bridgehead atoms. The zero-order chi connectivity index (χ0) is 41.9. The van der Waals surface area contributed by atoms with Crippen molar-refractivity contribution in [1.29, 1.82) is 5.26 Å². The number of benzene rings is 2. The average molecular weight is 825 g/mol. The molecule has 1 unspecified atom stereocenters. The number of nitrogens with one attached hydrogen (secondary N) is 3. The second-order valence-electron chi connectivity index (χ2n) is 16.4. The van der Waals surface area contributed by atoms with Gasteiger partial charge in [-0.2, -0.15) is 22.7 Å². The second kappa shape index (κ2) is 17.7. The third-order valence-electron chi connectivity index (χ3n) is 11.8. The number of piperazine rings is 1. The van der Waals surface area contributed by atoms with Gasteiger partial charge in [-0.05, 0) is 133 Å². The molecule has 1 aliphatic carbocycles. The first-order valence-electron chi connectivity index (χ1n) is 19.9. The van der Waals surface area contributed by atoms with Gasteiger partial charge in [0, 0.05) is 53.9 Å². The summed E-state index contributed by atoms with van der Waals surface area (Å²) < 4.78 is 41.7. The minimum Gasteiger partial charge on any atom is -0.374 e. The molecule has 4 fully saturated rings. The number of hydrogen-bond acceptors (Lipinski definition) is 10. The third-order valence-corrected chi connectivity index (χ3v) is 12.8. The fourth-order valence-corrected chi connectivity index (χ4v) is 9.81. The maximum absolute atomic E-state index is 13.7. The number of anilines is 2. The van der Waals surface area contributed by atoms with Crippen LogP contribution >= 0.6 is 11.9 Å². The summed E-state index contributed by atoms with van der Waals surface area (Å²) in [4.78, 5) is 70.2. The van der Waals surface area contributed by atoms with Gasteiger partial charge in [-0.15, -0.1) is 0 Å². The van der Waals surface area contributed by atoms with E-state index in [-0.39, 0.29) is 53.7 Å². The highest BCUT2D eigenvalue weighted by atomic mass is 32.2. The molecular weight excluding hydrogens is 774 g/mol. The van der Waals surface area contributed by atoms with Crippen LogP contribution in [0.1, 0.15) is 90.2 Å². The van der Waals surface area contributed by atoms with Gasteiger partial charge in [-0.1, -0.05) is 6.07 Å². The van der Waals surface area contributed by atoms with Crippen molar-refractivity contribution in [3.05, 3.63) is 53.6 Å². The number of nitrogens with zero attached hydrogens (tertiary/aromatic N) is 5. The lowest BCUT2D eigenvalue weighted by Gasteiger charge is -2.44. The van der Waals surface area contributed by atoms with Crippen LogP contribution in [-0.2, 0) is 25.4 Å². The molecule has 0 spiro atoms. The molecule has 1 saturated carbocycles. The van der Waals surface area contributed by atoms with Gasteiger partial charge < -0.3 is 20.4 Å². The van der Waals surface area contributed by atoms with Crippen molar-refractivity contribution in [2.45, 2.75) is 120 Å². The summed E-state index contributed by atoms with van der Waals surface area (Å²) in [5, 5.41) is 17.6. The van der Waals surface area contributed by atoms with Crippen molar-refractivity contribution in [2.24, 2.45) is 5.92 Å². The number of halogens is 3. The van der Waals surface area contributed by atoms with Gasteiger partial charge in [0.1, 0.15) is 11.6 Å². The first kappa shape index (κ1) is 42.9. The summed E-state index contributed by atoms with van der Waals surface area (Å²) in [5.41, 5.74) is -1.49. The topological polar surface area (TPSA) is 158 Å². The summed E-state index contributed by atoms with van der Waals surface area (Å²) in [7, 11) is 0. The molecule has 6 rings (SSSR count). The Balaban J connectivity index is 0.930. The number of alkyl halides is 3. The highest BCUT2D eigenvalue weighted by molar-refractivity contribution is 7.98. The van der Waals surface area contributed by atoms with Crippen LogP contribution in [0.2, 0.25) is 0 Å². The predicted octanol–water partition coefficient (Wildman–Crippen LogP) is 6.22. The first-order valence-corrected chi connectivity index (χ1v) is 20.7. The number of rotatable bonds is 12. The number of imide groups is 2. The zero-order valence-electron chi connectivity index (χ0n) is 33.2. The van der Waals surface area contributed by atoms with E-state index in [9.17, 15) is 37.1 Å². The van der Waals surface area contributed by atoms with Crippen LogP contribution in [0, 0.1) is 17.2 Å². The van der Waals surface area contributed by atoms with E-state index in [1.54, 1.807) is 43.0 Å². The van der Waals surface area contributed by atoms with Crippen LogP contribution in [0.15, 0.2) is 47.4 Å². The largest absolute Gasteiger partial charge is 0.417 e. The molecule has 0 radical (unpaired) electrons. The molecule has 3 atom stereocenters. The van der Waals surface area contributed by atoms with Crippen LogP contribution < -0.4 is 16.0 Å². The summed E-state index contributed by atoms with van der Waals surface area (Å²) in [5.74, 6) is -0.766. The molecule has 3 N–H and O–H groups in total. The van der Waals surface area contributed by atoms with E-state index in [0.717, 1.165) is 74.6 Å². The SMILES string of the molecule is C[C@@H]1CN(CCCC2CCC(N3C(=O)N(Sc4ccc(C#N)c(C(F)(F)F)c4)C(=O)C3(C)C)CC2)C[C@H](C)N1CC(=O)Nc1cccc(NC2CCC(=O)NC2=O)c1. The molecular formula is C41H51F3N8O5S. The molecule has 13 nitrogen and oxygen atoms in total. The average Bonchev–Trinajstić information content (AvgIpc) is 3.32. The van der Waals surface area contributed by atoms with Gasteiger partial charge in [-0.3, -0.25) is 29.4 Å². The second-order valence-corrected chi connectivity index (χ2v) is 17.5. The number of amides is 6. The Hall–Kier alpha value is -4.66. The molecule has 6 amide bonds. The fourth-order valence-electron chi connectivity index (χ4n) is 8.83. The van der Waals surface area contributed by atoms with Crippen LogP contribution in [0.4, 0.5) is 29.3 Å². The van der Waals surface area contributed by atoms with Crippen molar-refractivity contribution in [1.82, 2.24) is 24.3 Å². The Morgan fingerprint density at radius 2 is 1.67 bits per heavy atom. The van der Waals surface area contributed by atoms with E-state index < -0.39 is 40.8 Å². The van der Waals surface area contributed by atoms with Gasteiger partial charge in [0.25, 0.3) is 5.91 Å². The Morgan fingerprint density at radius 1 is 0.983 bits per heavy atom. The van der Waals surface area contributed by atoms with Crippen LogP contribution in [0.5, 0.6) is 0 Å². The fraction of sp³-hybridized carbons (Fsp3) is 0.561. The van der Waals surface area contributed by atoms with Gasteiger partial charge in [0.05, 0.1) is 23.7 Å². The standard InChI is InChI=1S/C41H51F3N8O5S/c1-25-22-49(23-26(2)50(25)24-36(54)47-30-9-5-8-29(19-30)46-34-16-17-35(53)48-37(34)55)18-6-7-27-10-13-31(14-11-27)51-39(57)52(38(56)40(51,3)4)58-32-15-12-28(21-45)33(20-32)41(42,43)44/h5,8-9,12,15,19-20,25-27,31,34,46H,6-7,10-11,13-14,16-18,22-24H2,1-4H3,(H,47,54)(H,48,53,55)/t25-,26+,27?,31?,34?. The lowest BCUT2D eigenvalue weighted by atomic mass is 9.81. The van der Waals surface area contributed by atoms with E-state index in [4.69, 9.17) is 5.26 Å². The van der Waals surface area contributed by atoms with Crippen molar-refractivity contribution < 1.29 is 37.1 Å². The first-order chi connectivity index (χ1) is 27.4. The smallest absolute Gasteiger partial charge is 0.374 e. The quantitative estimate of drug-likeness (QED) is 0.128. The van der Waals surface area contributed by atoms with Crippen molar-refractivity contribution in [3.63, 3.8) is 0 Å². The Bertz CT molecular complexity index is 1940. The molecule has 58 heavy (non-hydrogen) atoms. The number of hydrogen-bond donors (Lipinski definition) is 3. The number of carbonyl (C=O) groups is 5. The maximum atomic E-state index is 13.7. The molecule has 4 aliphatic rings. The van der Waals surface area contributed by atoms with Gasteiger partial charge in [-0.25, -0.2) is 4.79 Å². The molecule has 3 aliphatic heterocycles. The Kier molecular flexibility index (Phi) is 13.1. The molecule has 3 saturated heterocycles. The molecule has 2 aromatic rings. The molecule has 2 aromatic carbocycles. The zero-order valence-corrected chi connectivity index (χ0v) is 34.0. The summed E-state index contributed by atoms with van der Waals surface area (Å²) in [6.45, 7) is 10.5.